The van der Waals surface area contributed by atoms with Gasteiger partial charge in [-0.2, -0.15) is 0 Å². The first kappa shape index (κ1) is 15.3. The van der Waals surface area contributed by atoms with Crippen LogP contribution in [0.2, 0.25) is 0 Å². The fraction of sp³-hybridized carbons (Fsp3) is 0.556. The molecule has 2 rings (SSSR count). The Hall–Kier alpha value is -1.12. The van der Waals surface area contributed by atoms with E-state index < -0.39 is 0 Å². The lowest BCUT2D eigenvalue weighted by molar-refractivity contribution is 0.278. The molecule has 1 atom stereocenters. The lowest BCUT2D eigenvalue weighted by Crippen LogP contribution is -2.28. The molecule has 1 heterocycles. The van der Waals surface area contributed by atoms with Gasteiger partial charge in [0.1, 0.15) is 0 Å². The summed E-state index contributed by atoms with van der Waals surface area (Å²) in [6, 6.07) is 10.6. The summed E-state index contributed by atoms with van der Waals surface area (Å²) < 4.78 is 0. The Kier molecular flexibility index (Phi) is 5.81. The van der Waals surface area contributed by atoms with Gasteiger partial charge >= 0.3 is 0 Å². The van der Waals surface area contributed by atoms with Gasteiger partial charge in [-0.15, -0.1) is 0 Å². The zero-order valence-electron chi connectivity index (χ0n) is 13.2. The van der Waals surface area contributed by atoms with E-state index in [-0.39, 0.29) is 0 Å². The summed E-state index contributed by atoms with van der Waals surface area (Å²) in [5.41, 5.74) is 2.77. The van der Waals surface area contributed by atoms with E-state index in [1.54, 1.807) is 0 Å². The maximum absolute atomic E-state index is 2.60. The summed E-state index contributed by atoms with van der Waals surface area (Å²) in [4.78, 5) is 5.03. The van der Waals surface area contributed by atoms with Crippen molar-refractivity contribution in [2.75, 3.05) is 39.8 Å². The number of nitrogens with zero attached hydrogens (tertiary/aromatic N) is 2. The molecule has 0 aliphatic carbocycles. The van der Waals surface area contributed by atoms with E-state index in [9.17, 15) is 0 Å². The fourth-order valence-electron chi connectivity index (χ4n) is 3.01. The van der Waals surface area contributed by atoms with Crippen molar-refractivity contribution < 1.29 is 0 Å². The molecular formula is C18H28N2. The summed E-state index contributed by atoms with van der Waals surface area (Å²) in [6.45, 7) is 10.5. The van der Waals surface area contributed by atoms with E-state index in [0.717, 1.165) is 19.0 Å². The first-order chi connectivity index (χ1) is 9.67. The molecule has 0 spiro atoms. The second-order valence-corrected chi connectivity index (χ2v) is 6.15. The number of rotatable bonds is 6. The maximum Gasteiger partial charge on any atom is 0.0193 e. The van der Waals surface area contributed by atoms with Gasteiger partial charge in [-0.3, -0.25) is 4.90 Å². The summed E-state index contributed by atoms with van der Waals surface area (Å²) in [6.07, 6.45) is 3.66. The largest absolute Gasteiger partial charge is 0.306 e. The molecule has 0 N–H and O–H groups in total. The van der Waals surface area contributed by atoms with Gasteiger partial charge in [0.25, 0.3) is 0 Å². The van der Waals surface area contributed by atoms with Gasteiger partial charge in [-0.1, -0.05) is 48.9 Å². The van der Waals surface area contributed by atoms with Crippen molar-refractivity contribution in [3.8, 4) is 0 Å². The van der Waals surface area contributed by atoms with Crippen LogP contribution in [0.1, 0.15) is 25.8 Å². The van der Waals surface area contributed by atoms with Crippen LogP contribution in [0.5, 0.6) is 0 Å². The van der Waals surface area contributed by atoms with E-state index in [1.165, 1.54) is 37.2 Å². The van der Waals surface area contributed by atoms with Gasteiger partial charge in [0.05, 0.1) is 0 Å². The molecule has 1 aromatic carbocycles. The van der Waals surface area contributed by atoms with Gasteiger partial charge in [0, 0.05) is 19.6 Å². The minimum Gasteiger partial charge on any atom is -0.306 e. The fourth-order valence-corrected chi connectivity index (χ4v) is 3.01. The molecule has 110 valence electrons. The highest BCUT2D eigenvalue weighted by molar-refractivity contribution is 5.52. The van der Waals surface area contributed by atoms with Crippen LogP contribution in [0, 0.1) is 5.92 Å². The molecule has 20 heavy (non-hydrogen) atoms. The third-order valence-corrected chi connectivity index (χ3v) is 4.17. The SMILES string of the molecule is CCN(C)CC1CCN(C/C(C)=C/c2ccccc2)C1. The van der Waals surface area contributed by atoms with Crippen LogP contribution in [-0.2, 0) is 0 Å². The summed E-state index contributed by atoms with van der Waals surface area (Å²) in [5.74, 6) is 0.851. The van der Waals surface area contributed by atoms with Crippen molar-refractivity contribution >= 4 is 6.08 Å². The molecule has 0 radical (unpaired) electrons. The first-order valence-electron chi connectivity index (χ1n) is 7.80. The molecule has 1 aliphatic heterocycles. The number of hydrogen-bond acceptors (Lipinski definition) is 2. The normalized spacial score (nSPS) is 20.8. The van der Waals surface area contributed by atoms with Crippen molar-refractivity contribution in [1.29, 1.82) is 0 Å². The summed E-state index contributed by atoms with van der Waals surface area (Å²) in [7, 11) is 2.23. The molecular weight excluding hydrogens is 244 g/mol. The van der Waals surface area contributed by atoms with Gasteiger partial charge in [0.2, 0.25) is 0 Å². The number of likely N-dealkylation sites (tertiary alicyclic amines) is 1. The molecule has 1 saturated heterocycles. The van der Waals surface area contributed by atoms with E-state index in [2.05, 4.69) is 67.1 Å². The Morgan fingerprint density at radius 3 is 2.80 bits per heavy atom. The van der Waals surface area contributed by atoms with Gasteiger partial charge in [-0.25, -0.2) is 0 Å². The van der Waals surface area contributed by atoms with Crippen LogP contribution in [0.15, 0.2) is 35.9 Å². The molecule has 2 nitrogen and oxygen atoms in total. The molecule has 1 aromatic rings. The molecule has 1 unspecified atom stereocenters. The third kappa shape index (κ3) is 4.77. The number of benzene rings is 1. The highest BCUT2D eigenvalue weighted by Gasteiger charge is 2.22. The maximum atomic E-state index is 2.60. The predicted octanol–water partition coefficient (Wildman–Crippen LogP) is 3.36. The minimum absolute atomic E-state index is 0.851. The molecule has 0 bridgehead atoms. The Morgan fingerprint density at radius 1 is 1.35 bits per heavy atom. The predicted molar refractivity (Wildman–Crippen MR) is 87.8 cm³/mol. The van der Waals surface area contributed by atoms with E-state index >= 15 is 0 Å². The van der Waals surface area contributed by atoms with Crippen molar-refractivity contribution in [2.45, 2.75) is 20.3 Å². The molecule has 0 saturated carbocycles. The Morgan fingerprint density at radius 2 is 2.10 bits per heavy atom. The minimum atomic E-state index is 0.851. The third-order valence-electron chi connectivity index (χ3n) is 4.17. The van der Waals surface area contributed by atoms with Gasteiger partial charge in [-0.05, 0) is 45.0 Å². The van der Waals surface area contributed by atoms with Crippen molar-refractivity contribution in [1.82, 2.24) is 9.80 Å². The second-order valence-electron chi connectivity index (χ2n) is 6.15. The van der Waals surface area contributed by atoms with Crippen LogP contribution in [-0.4, -0.2) is 49.6 Å². The molecule has 1 aliphatic rings. The number of hydrogen-bond donors (Lipinski definition) is 0. The van der Waals surface area contributed by atoms with Crippen molar-refractivity contribution in [3.05, 3.63) is 41.5 Å². The Labute approximate surface area is 124 Å². The van der Waals surface area contributed by atoms with Crippen LogP contribution < -0.4 is 0 Å². The second kappa shape index (κ2) is 7.61. The average Bonchev–Trinajstić information content (AvgIpc) is 2.86. The standard InChI is InChI=1S/C18H28N2/c1-4-19(3)14-18-10-11-20(15-18)13-16(2)12-17-8-6-5-7-9-17/h5-9,12,18H,4,10-11,13-15H2,1-3H3/b16-12+. The van der Waals surface area contributed by atoms with Crippen LogP contribution in [0.3, 0.4) is 0 Å². The van der Waals surface area contributed by atoms with E-state index in [0.29, 0.717) is 0 Å². The summed E-state index contributed by atoms with van der Waals surface area (Å²) in [5, 5.41) is 0. The summed E-state index contributed by atoms with van der Waals surface area (Å²) >= 11 is 0. The van der Waals surface area contributed by atoms with Crippen LogP contribution in [0.25, 0.3) is 6.08 Å². The smallest absolute Gasteiger partial charge is 0.0193 e. The van der Waals surface area contributed by atoms with E-state index in [1.807, 2.05) is 0 Å². The zero-order valence-corrected chi connectivity index (χ0v) is 13.2. The topological polar surface area (TPSA) is 6.48 Å². The first-order valence-corrected chi connectivity index (χ1v) is 7.80. The molecule has 0 aromatic heterocycles. The molecule has 0 amide bonds. The molecule has 1 fully saturated rings. The zero-order chi connectivity index (χ0) is 14.4. The quantitative estimate of drug-likeness (QED) is 0.783. The average molecular weight is 272 g/mol. The van der Waals surface area contributed by atoms with Crippen LogP contribution >= 0.6 is 0 Å². The Balaban J connectivity index is 1.81. The van der Waals surface area contributed by atoms with Gasteiger partial charge in [0.15, 0.2) is 0 Å². The Bertz CT molecular complexity index is 424. The van der Waals surface area contributed by atoms with Crippen LogP contribution in [0.4, 0.5) is 0 Å². The van der Waals surface area contributed by atoms with E-state index in [4.69, 9.17) is 0 Å². The highest BCUT2D eigenvalue weighted by atomic mass is 15.2. The van der Waals surface area contributed by atoms with Crippen molar-refractivity contribution in [3.63, 3.8) is 0 Å². The molecule has 2 heteroatoms. The highest BCUT2D eigenvalue weighted by Crippen LogP contribution is 2.18. The lowest BCUT2D eigenvalue weighted by atomic mass is 10.1. The monoisotopic (exact) mass is 272 g/mol. The lowest BCUT2D eigenvalue weighted by Gasteiger charge is -2.20. The van der Waals surface area contributed by atoms with Crippen molar-refractivity contribution in [2.24, 2.45) is 5.92 Å². The van der Waals surface area contributed by atoms with Gasteiger partial charge < -0.3 is 4.90 Å².